The van der Waals surface area contributed by atoms with Gasteiger partial charge in [0.05, 0.1) is 17.4 Å². The number of nitrogens with two attached hydrogens (primary N) is 1. The molecular weight excluding hydrogens is 369 g/mol. The molecule has 1 amide bonds. The zero-order valence-electron chi connectivity index (χ0n) is 16.3. The first kappa shape index (κ1) is 19.1. The van der Waals surface area contributed by atoms with Crippen molar-refractivity contribution in [2.24, 2.45) is 18.9 Å². The standard InChI is InChI=1S/C20H25F3N4O/c1-11(2)18(28)27-8-12-4-5-19(6-12,10-27)13-9-26(3)17-15(13)16(20(21,22)23)14(24)7-25-17/h7,9,11-12H,4-6,8,10,24H2,1-3H3/t12-,19-/m1/s1. The average molecular weight is 394 g/mol. The van der Waals surface area contributed by atoms with Crippen molar-refractivity contribution in [1.82, 2.24) is 14.5 Å². The molecular formula is C20H25F3N4O. The number of alkyl halides is 3. The molecule has 3 heterocycles. The molecule has 0 unspecified atom stereocenters. The number of amides is 1. The maximum absolute atomic E-state index is 13.9. The molecule has 1 aliphatic carbocycles. The van der Waals surface area contributed by atoms with E-state index in [1.54, 1.807) is 17.8 Å². The molecule has 0 aromatic carbocycles. The first-order valence-corrected chi connectivity index (χ1v) is 9.63. The summed E-state index contributed by atoms with van der Waals surface area (Å²) in [6.45, 7) is 4.85. The maximum Gasteiger partial charge on any atom is 0.419 e. The van der Waals surface area contributed by atoms with Gasteiger partial charge in [0.1, 0.15) is 5.65 Å². The van der Waals surface area contributed by atoms with Gasteiger partial charge < -0.3 is 15.2 Å². The number of carbonyl (C=O) groups is 1. The van der Waals surface area contributed by atoms with E-state index in [1.165, 1.54) is 0 Å². The molecule has 28 heavy (non-hydrogen) atoms. The van der Waals surface area contributed by atoms with Crippen molar-refractivity contribution in [1.29, 1.82) is 0 Å². The van der Waals surface area contributed by atoms with Gasteiger partial charge in [-0.15, -0.1) is 0 Å². The summed E-state index contributed by atoms with van der Waals surface area (Å²) in [5, 5.41) is 0.0921. The Morgan fingerprint density at radius 3 is 2.75 bits per heavy atom. The predicted molar refractivity (Wildman–Crippen MR) is 101 cm³/mol. The Balaban J connectivity index is 1.92. The van der Waals surface area contributed by atoms with Crippen molar-refractivity contribution >= 4 is 22.6 Å². The molecule has 2 aromatic heterocycles. The third-order valence-corrected chi connectivity index (χ3v) is 6.36. The SMILES string of the molecule is CC(C)C(=O)N1C[C@@H]2CC[C@@](c3cn(C)c4ncc(N)c(C(F)(F)F)c34)(C2)C1. The maximum atomic E-state index is 13.9. The van der Waals surface area contributed by atoms with Crippen molar-refractivity contribution in [2.45, 2.75) is 44.7 Å². The number of fused-ring (bicyclic) bond motifs is 3. The third kappa shape index (κ3) is 2.76. The topological polar surface area (TPSA) is 64.2 Å². The Morgan fingerprint density at radius 1 is 1.39 bits per heavy atom. The molecule has 0 radical (unpaired) electrons. The largest absolute Gasteiger partial charge is 0.419 e. The number of hydrogen-bond acceptors (Lipinski definition) is 3. The van der Waals surface area contributed by atoms with Gasteiger partial charge in [0.15, 0.2) is 0 Å². The van der Waals surface area contributed by atoms with E-state index in [4.69, 9.17) is 5.73 Å². The molecule has 8 heteroatoms. The van der Waals surface area contributed by atoms with Crippen molar-refractivity contribution in [3.05, 3.63) is 23.5 Å². The van der Waals surface area contributed by atoms with E-state index in [2.05, 4.69) is 4.98 Å². The molecule has 2 aliphatic rings. The van der Waals surface area contributed by atoms with E-state index in [0.717, 1.165) is 25.5 Å². The molecule has 4 rings (SSSR count). The second kappa shape index (κ2) is 6.12. The molecule has 2 bridgehead atoms. The van der Waals surface area contributed by atoms with Crippen molar-refractivity contribution in [2.75, 3.05) is 18.8 Å². The van der Waals surface area contributed by atoms with E-state index in [9.17, 15) is 18.0 Å². The second-order valence-corrected chi connectivity index (χ2v) is 8.70. The van der Waals surface area contributed by atoms with E-state index in [-0.39, 0.29) is 28.5 Å². The van der Waals surface area contributed by atoms with Crippen LogP contribution in [0.3, 0.4) is 0 Å². The summed E-state index contributed by atoms with van der Waals surface area (Å²) in [5.74, 6) is 0.241. The van der Waals surface area contributed by atoms with Gasteiger partial charge in [-0.2, -0.15) is 13.2 Å². The van der Waals surface area contributed by atoms with E-state index in [1.807, 2.05) is 18.7 Å². The molecule has 2 fully saturated rings. The van der Waals surface area contributed by atoms with E-state index in [0.29, 0.717) is 24.6 Å². The lowest BCUT2D eigenvalue weighted by molar-refractivity contribution is -0.137. The zero-order valence-corrected chi connectivity index (χ0v) is 16.3. The van der Waals surface area contributed by atoms with Gasteiger partial charge in [-0.25, -0.2) is 4.98 Å². The molecule has 5 nitrogen and oxygen atoms in total. The van der Waals surface area contributed by atoms with Crippen LogP contribution in [-0.2, 0) is 23.4 Å². The highest BCUT2D eigenvalue weighted by Crippen LogP contribution is 2.52. The molecule has 2 atom stereocenters. The summed E-state index contributed by atoms with van der Waals surface area (Å²) in [7, 11) is 1.71. The highest BCUT2D eigenvalue weighted by atomic mass is 19.4. The molecule has 1 saturated heterocycles. The molecule has 1 aliphatic heterocycles. The fourth-order valence-electron chi connectivity index (χ4n) is 5.21. The lowest BCUT2D eigenvalue weighted by Crippen LogP contribution is -2.49. The minimum atomic E-state index is -4.57. The highest BCUT2D eigenvalue weighted by molar-refractivity contribution is 5.90. The lowest BCUT2D eigenvalue weighted by Gasteiger charge is -2.41. The number of likely N-dealkylation sites (tertiary alicyclic amines) is 1. The van der Waals surface area contributed by atoms with Crippen LogP contribution in [0, 0.1) is 11.8 Å². The van der Waals surface area contributed by atoms with Crippen LogP contribution in [0.2, 0.25) is 0 Å². The summed E-state index contributed by atoms with van der Waals surface area (Å²) < 4.78 is 43.4. The number of anilines is 1. The van der Waals surface area contributed by atoms with Crippen molar-refractivity contribution < 1.29 is 18.0 Å². The Kier molecular flexibility index (Phi) is 4.17. The quantitative estimate of drug-likeness (QED) is 0.845. The van der Waals surface area contributed by atoms with Gasteiger partial charge in [-0.1, -0.05) is 13.8 Å². The number of rotatable bonds is 2. The number of carbonyl (C=O) groups excluding carboxylic acids is 1. The van der Waals surface area contributed by atoms with Gasteiger partial charge >= 0.3 is 6.18 Å². The Morgan fingerprint density at radius 2 is 2.11 bits per heavy atom. The van der Waals surface area contributed by atoms with Gasteiger partial charge in [-0.3, -0.25) is 4.79 Å². The van der Waals surface area contributed by atoms with Crippen LogP contribution in [0.25, 0.3) is 11.0 Å². The first-order chi connectivity index (χ1) is 13.0. The van der Waals surface area contributed by atoms with Crippen molar-refractivity contribution in [3.8, 4) is 0 Å². The Hall–Kier alpha value is -2.25. The van der Waals surface area contributed by atoms with Gasteiger partial charge in [0.2, 0.25) is 5.91 Å². The monoisotopic (exact) mass is 394 g/mol. The van der Waals surface area contributed by atoms with Crippen LogP contribution < -0.4 is 5.73 Å². The number of aromatic nitrogens is 2. The molecule has 2 N–H and O–H groups in total. The van der Waals surface area contributed by atoms with Crippen LogP contribution >= 0.6 is 0 Å². The van der Waals surface area contributed by atoms with Crippen LogP contribution in [0.5, 0.6) is 0 Å². The van der Waals surface area contributed by atoms with E-state index >= 15 is 0 Å². The minimum Gasteiger partial charge on any atom is -0.397 e. The van der Waals surface area contributed by atoms with Crippen molar-refractivity contribution in [3.63, 3.8) is 0 Å². The Bertz CT molecular complexity index is 949. The van der Waals surface area contributed by atoms with Gasteiger partial charge in [0.25, 0.3) is 0 Å². The first-order valence-electron chi connectivity index (χ1n) is 9.63. The number of nitrogen functional groups attached to an aromatic ring is 1. The molecule has 1 saturated carbocycles. The van der Waals surface area contributed by atoms with Gasteiger partial charge in [-0.05, 0) is 30.7 Å². The van der Waals surface area contributed by atoms with Crippen LogP contribution in [0.15, 0.2) is 12.4 Å². The number of nitrogens with zero attached hydrogens (tertiary/aromatic N) is 3. The van der Waals surface area contributed by atoms with Crippen LogP contribution in [-0.4, -0.2) is 33.4 Å². The molecule has 152 valence electrons. The second-order valence-electron chi connectivity index (χ2n) is 8.70. The number of aryl methyl sites for hydroxylation is 1. The molecule has 2 aromatic rings. The minimum absolute atomic E-state index is 0.0601. The smallest absolute Gasteiger partial charge is 0.397 e. The summed E-state index contributed by atoms with van der Waals surface area (Å²) in [6.07, 6.45) is 0.746. The zero-order chi connectivity index (χ0) is 20.4. The number of pyridine rings is 1. The van der Waals surface area contributed by atoms with Crippen LogP contribution in [0.4, 0.5) is 18.9 Å². The lowest BCUT2D eigenvalue weighted by atomic mass is 9.75. The summed E-state index contributed by atoms with van der Waals surface area (Å²) in [5.41, 5.74) is 4.99. The normalized spacial score (nSPS) is 25.1. The number of hydrogen-bond donors (Lipinski definition) is 1. The predicted octanol–water partition coefficient (Wildman–Crippen LogP) is 3.71. The molecule has 0 spiro atoms. The van der Waals surface area contributed by atoms with Crippen LogP contribution in [0.1, 0.15) is 44.2 Å². The fraction of sp³-hybridized carbons (Fsp3) is 0.600. The summed E-state index contributed by atoms with van der Waals surface area (Å²) in [6, 6.07) is 0. The number of piperidine rings is 1. The highest BCUT2D eigenvalue weighted by Gasteiger charge is 2.50. The van der Waals surface area contributed by atoms with Gasteiger partial charge in [0, 0.05) is 43.1 Å². The summed E-state index contributed by atoms with van der Waals surface area (Å²) >= 11 is 0. The Labute approximate surface area is 161 Å². The third-order valence-electron chi connectivity index (χ3n) is 6.36. The number of halogens is 3. The average Bonchev–Trinajstić information content (AvgIpc) is 3.10. The fourth-order valence-corrected chi connectivity index (χ4v) is 5.21. The summed E-state index contributed by atoms with van der Waals surface area (Å²) in [4.78, 5) is 18.7. The van der Waals surface area contributed by atoms with E-state index < -0.39 is 17.2 Å².